The number of carbonyl (C=O) groups excluding carboxylic acids is 1. The van der Waals surface area contributed by atoms with E-state index in [9.17, 15) is 9.59 Å². The van der Waals surface area contributed by atoms with Gasteiger partial charge < -0.3 is 10.4 Å². The third-order valence-corrected chi connectivity index (χ3v) is 2.26. The standard InChI is InChI=1S/C9H13N3O3/c1-4-6(3)11-12-7(4)10-8(13)5(2)9(14)15/h5H,1-3H3,(H,14,15)(H2,10,11,12,13). The molecule has 0 saturated carbocycles. The highest BCUT2D eigenvalue weighted by atomic mass is 16.4. The maximum Gasteiger partial charge on any atom is 0.315 e. The molecule has 6 nitrogen and oxygen atoms in total. The van der Waals surface area contributed by atoms with Gasteiger partial charge in [0.25, 0.3) is 0 Å². The zero-order chi connectivity index (χ0) is 11.6. The van der Waals surface area contributed by atoms with Crippen LogP contribution in [0.4, 0.5) is 5.82 Å². The number of carbonyl (C=O) groups is 2. The van der Waals surface area contributed by atoms with Crippen LogP contribution in [0.5, 0.6) is 0 Å². The van der Waals surface area contributed by atoms with Crippen LogP contribution in [-0.4, -0.2) is 27.2 Å². The van der Waals surface area contributed by atoms with Crippen LogP contribution in [0.1, 0.15) is 18.2 Å². The van der Waals surface area contributed by atoms with E-state index in [4.69, 9.17) is 5.11 Å². The molecule has 82 valence electrons. The Balaban J connectivity index is 2.75. The lowest BCUT2D eigenvalue weighted by atomic mass is 10.1. The molecule has 1 rings (SSSR count). The minimum absolute atomic E-state index is 0.380. The molecule has 0 aromatic carbocycles. The molecule has 1 heterocycles. The highest BCUT2D eigenvalue weighted by Gasteiger charge is 2.21. The first-order valence-electron chi connectivity index (χ1n) is 4.48. The van der Waals surface area contributed by atoms with Crippen molar-refractivity contribution in [3.63, 3.8) is 0 Å². The Kier molecular flexibility index (Phi) is 3.08. The Morgan fingerprint density at radius 1 is 1.47 bits per heavy atom. The molecule has 6 heteroatoms. The highest BCUT2D eigenvalue weighted by Crippen LogP contribution is 2.14. The van der Waals surface area contributed by atoms with Crippen LogP contribution < -0.4 is 5.32 Å². The van der Waals surface area contributed by atoms with Crippen LogP contribution in [-0.2, 0) is 9.59 Å². The lowest BCUT2D eigenvalue weighted by molar-refractivity contribution is -0.144. The van der Waals surface area contributed by atoms with Crippen molar-refractivity contribution in [1.82, 2.24) is 10.2 Å². The Morgan fingerprint density at radius 2 is 2.07 bits per heavy atom. The fraction of sp³-hybridized carbons (Fsp3) is 0.444. The number of carboxylic acids is 1. The predicted molar refractivity (Wildman–Crippen MR) is 53.5 cm³/mol. The molecule has 0 saturated heterocycles. The SMILES string of the molecule is Cc1[nH]nc(NC(=O)C(C)C(=O)O)c1C. The topological polar surface area (TPSA) is 95.1 Å². The van der Waals surface area contributed by atoms with Crippen molar-refractivity contribution in [2.24, 2.45) is 5.92 Å². The smallest absolute Gasteiger partial charge is 0.315 e. The molecule has 0 fully saturated rings. The summed E-state index contributed by atoms with van der Waals surface area (Å²) in [5.74, 6) is -2.43. The zero-order valence-corrected chi connectivity index (χ0v) is 8.79. The molecule has 1 amide bonds. The van der Waals surface area contributed by atoms with E-state index in [1.807, 2.05) is 6.92 Å². The summed E-state index contributed by atoms with van der Waals surface area (Å²) in [5, 5.41) is 17.6. The normalized spacial score (nSPS) is 12.2. The lowest BCUT2D eigenvalue weighted by Crippen LogP contribution is -2.27. The number of aromatic nitrogens is 2. The molecular formula is C9H13N3O3. The number of aliphatic carboxylic acids is 1. The molecular weight excluding hydrogens is 198 g/mol. The van der Waals surface area contributed by atoms with Crippen molar-refractivity contribution >= 4 is 17.7 Å². The average molecular weight is 211 g/mol. The summed E-state index contributed by atoms with van der Waals surface area (Å²) in [7, 11) is 0. The molecule has 1 atom stereocenters. The maximum atomic E-state index is 11.4. The van der Waals surface area contributed by atoms with Crippen molar-refractivity contribution in [2.75, 3.05) is 5.32 Å². The molecule has 0 spiro atoms. The van der Waals surface area contributed by atoms with Gasteiger partial charge in [0, 0.05) is 11.3 Å². The lowest BCUT2D eigenvalue weighted by Gasteiger charge is -2.06. The van der Waals surface area contributed by atoms with E-state index in [2.05, 4.69) is 15.5 Å². The van der Waals surface area contributed by atoms with Crippen LogP contribution >= 0.6 is 0 Å². The summed E-state index contributed by atoms with van der Waals surface area (Å²) in [6.45, 7) is 4.94. The molecule has 15 heavy (non-hydrogen) atoms. The Labute approximate surface area is 86.7 Å². The van der Waals surface area contributed by atoms with Gasteiger partial charge in [0.15, 0.2) is 5.82 Å². The van der Waals surface area contributed by atoms with Crippen molar-refractivity contribution in [3.8, 4) is 0 Å². The molecule has 0 aliphatic carbocycles. The number of hydrogen-bond acceptors (Lipinski definition) is 3. The molecule has 0 aliphatic rings. The fourth-order valence-corrected chi connectivity index (χ4v) is 0.944. The number of H-pyrrole nitrogens is 1. The van der Waals surface area contributed by atoms with E-state index in [0.29, 0.717) is 5.82 Å². The van der Waals surface area contributed by atoms with Crippen LogP contribution in [0.3, 0.4) is 0 Å². The minimum Gasteiger partial charge on any atom is -0.481 e. The van der Waals surface area contributed by atoms with Gasteiger partial charge in [-0.3, -0.25) is 14.7 Å². The van der Waals surface area contributed by atoms with Crippen LogP contribution in [0.25, 0.3) is 0 Å². The second-order valence-electron chi connectivity index (χ2n) is 3.37. The van der Waals surface area contributed by atoms with Crippen molar-refractivity contribution in [2.45, 2.75) is 20.8 Å². The Hall–Kier alpha value is -1.85. The first-order chi connectivity index (χ1) is 6.93. The summed E-state index contributed by atoms with van der Waals surface area (Å²) >= 11 is 0. The number of anilines is 1. The van der Waals surface area contributed by atoms with Gasteiger partial charge in [0.2, 0.25) is 5.91 Å². The van der Waals surface area contributed by atoms with Crippen LogP contribution in [0.2, 0.25) is 0 Å². The second kappa shape index (κ2) is 4.12. The molecule has 3 N–H and O–H groups in total. The van der Waals surface area contributed by atoms with E-state index < -0.39 is 17.8 Å². The van der Waals surface area contributed by atoms with Crippen molar-refractivity contribution in [1.29, 1.82) is 0 Å². The molecule has 0 aliphatic heterocycles. The maximum absolute atomic E-state index is 11.4. The summed E-state index contributed by atoms with van der Waals surface area (Å²) in [6.07, 6.45) is 0. The number of aryl methyl sites for hydroxylation is 1. The summed E-state index contributed by atoms with van der Waals surface area (Å²) in [4.78, 5) is 21.9. The minimum atomic E-state index is -1.16. The monoisotopic (exact) mass is 211 g/mol. The van der Waals surface area contributed by atoms with Gasteiger partial charge in [-0.1, -0.05) is 0 Å². The summed E-state index contributed by atoms with van der Waals surface area (Å²) in [5.41, 5.74) is 1.65. The van der Waals surface area contributed by atoms with Gasteiger partial charge in [0.05, 0.1) is 0 Å². The highest BCUT2D eigenvalue weighted by molar-refractivity contribution is 6.03. The van der Waals surface area contributed by atoms with Crippen LogP contribution in [0, 0.1) is 19.8 Å². The number of amides is 1. The number of nitrogens with zero attached hydrogens (tertiary/aromatic N) is 1. The van der Waals surface area contributed by atoms with E-state index in [0.717, 1.165) is 11.3 Å². The van der Waals surface area contributed by atoms with Crippen LogP contribution in [0.15, 0.2) is 0 Å². The molecule has 0 radical (unpaired) electrons. The number of nitrogens with one attached hydrogen (secondary N) is 2. The Morgan fingerprint density at radius 3 is 2.47 bits per heavy atom. The van der Waals surface area contributed by atoms with E-state index in [-0.39, 0.29) is 0 Å². The second-order valence-corrected chi connectivity index (χ2v) is 3.37. The first-order valence-corrected chi connectivity index (χ1v) is 4.48. The third-order valence-electron chi connectivity index (χ3n) is 2.26. The average Bonchev–Trinajstić information content (AvgIpc) is 2.48. The molecule has 1 unspecified atom stereocenters. The predicted octanol–water partition coefficient (Wildman–Crippen LogP) is 0.686. The van der Waals surface area contributed by atoms with Crippen molar-refractivity contribution in [3.05, 3.63) is 11.3 Å². The van der Waals surface area contributed by atoms with Gasteiger partial charge in [-0.15, -0.1) is 0 Å². The zero-order valence-electron chi connectivity index (χ0n) is 8.79. The molecule has 0 bridgehead atoms. The Bertz CT molecular complexity index is 397. The molecule has 1 aromatic heterocycles. The number of hydrogen-bond donors (Lipinski definition) is 3. The summed E-state index contributed by atoms with van der Waals surface area (Å²) in [6, 6.07) is 0. The van der Waals surface area contributed by atoms with E-state index >= 15 is 0 Å². The number of carboxylic acid groups (broad SMARTS) is 1. The molecule has 1 aromatic rings. The number of rotatable bonds is 3. The van der Waals surface area contributed by atoms with Gasteiger partial charge in [0.1, 0.15) is 5.92 Å². The van der Waals surface area contributed by atoms with E-state index in [1.54, 1.807) is 6.92 Å². The third kappa shape index (κ3) is 2.34. The van der Waals surface area contributed by atoms with Gasteiger partial charge in [-0.25, -0.2) is 0 Å². The van der Waals surface area contributed by atoms with Crippen molar-refractivity contribution < 1.29 is 14.7 Å². The first kappa shape index (κ1) is 11.2. The largest absolute Gasteiger partial charge is 0.481 e. The van der Waals surface area contributed by atoms with Gasteiger partial charge in [-0.05, 0) is 20.8 Å². The van der Waals surface area contributed by atoms with E-state index in [1.165, 1.54) is 6.92 Å². The summed E-state index contributed by atoms with van der Waals surface area (Å²) < 4.78 is 0. The quantitative estimate of drug-likeness (QED) is 0.641. The van der Waals surface area contributed by atoms with Gasteiger partial charge in [-0.2, -0.15) is 5.10 Å². The number of aromatic amines is 1. The van der Waals surface area contributed by atoms with Gasteiger partial charge >= 0.3 is 5.97 Å². The fourth-order valence-electron chi connectivity index (χ4n) is 0.944.